The summed E-state index contributed by atoms with van der Waals surface area (Å²) in [6.45, 7) is 0. The number of nitrogens with one attached hydrogen (secondary N) is 2. The summed E-state index contributed by atoms with van der Waals surface area (Å²) in [6.07, 6.45) is 4.28. The summed E-state index contributed by atoms with van der Waals surface area (Å²) in [5, 5.41) is 5.27. The molecule has 2 aromatic rings. The lowest BCUT2D eigenvalue weighted by molar-refractivity contribution is -0.121. The molecule has 0 saturated heterocycles. The van der Waals surface area contributed by atoms with Crippen LogP contribution in [0.3, 0.4) is 0 Å². The van der Waals surface area contributed by atoms with Crippen LogP contribution in [0.2, 0.25) is 0 Å². The molecule has 0 unspecified atom stereocenters. The average Bonchev–Trinajstić information content (AvgIpc) is 3.40. The number of amides is 2. The van der Waals surface area contributed by atoms with Gasteiger partial charge in [0.25, 0.3) is 15.7 Å². The van der Waals surface area contributed by atoms with Gasteiger partial charge < -0.3 is 15.4 Å². The van der Waals surface area contributed by atoms with E-state index in [1.54, 1.807) is 0 Å². The number of carbonyl (C=O) groups is 2. The molecule has 35 heavy (non-hydrogen) atoms. The smallest absolute Gasteiger partial charge is 0.496 e. The molecule has 1 fully saturated rings. The molecule has 2 bridgehead atoms. The molecule has 2 aliphatic carbocycles. The van der Waals surface area contributed by atoms with Crippen LogP contribution in [0.25, 0.3) is 0 Å². The fourth-order valence-corrected chi connectivity index (χ4v) is 5.37. The van der Waals surface area contributed by atoms with Gasteiger partial charge in [0, 0.05) is 17.8 Å². The SMILES string of the molecule is COc1cc(F)ccc1C(=O)N[C@@H]1[C@H](C(=O)Nc2cccc(S(=O)(=O)C(F)(F)F)c2)[C@H]2C=C[C@@H]1C2. The number of ether oxygens (including phenoxy) is 1. The van der Waals surface area contributed by atoms with Crippen molar-refractivity contribution in [2.45, 2.75) is 22.9 Å². The third-order valence-corrected chi connectivity index (χ3v) is 7.67. The lowest BCUT2D eigenvalue weighted by Gasteiger charge is -2.28. The average molecular weight is 512 g/mol. The molecule has 2 aromatic carbocycles. The highest BCUT2D eigenvalue weighted by Crippen LogP contribution is 2.44. The summed E-state index contributed by atoms with van der Waals surface area (Å²) in [6, 6.07) is 6.66. The zero-order chi connectivity index (χ0) is 25.5. The van der Waals surface area contributed by atoms with Crippen molar-refractivity contribution < 1.29 is 40.3 Å². The molecule has 0 radical (unpaired) electrons. The van der Waals surface area contributed by atoms with Gasteiger partial charge in [0.1, 0.15) is 11.6 Å². The Hall–Kier alpha value is -3.41. The first-order valence-corrected chi connectivity index (χ1v) is 12.0. The van der Waals surface area contributed by atoms with E-state index in [-0.39, 0.29) is 28.8 Å². The van der Waals surface area contributed by atoms with Gasteiger partial charge in [0.05, 0.1) is 23.5 Å². The van der Waals surface area contributed by atoms with Crippen LogP contribution in [0.5, 0.6) is 5.75 Å². The topological polar surface area (TPSA) is 102 Å². The van der Waals surface area contributed by atoms with Crippen molar-refractivity contribution >= 4 is 27.3 Å². The van der Waals surface area contributed by atoms with Crippen LogP contribution in [-0.4, -0.2) is 38.9 Å². The summed E-state index contributed by atoms with van der Waals surface area (Å²) in [5.41, 5.74) is -5.54. The highest BCUT2D eigenvalue weighted by atomic mass is 32.2. The number of rotatable bonds is 6. The predicted molar refractivity (Wildman–Crippen MR) is 117 cm³/mol. The van der Waals surface area contributed by atoms with E-state index in [0.717, 1.165) is 30.3 Å². The zero-order valence-electron chi connectivity index (χ0n) is 18.2. The van der Waals surface area contributed by atoms with E-state index in [0.29, 0.717) is 6.42 Å². The normalized spacial score (nSPS) is 23.2. The van der Waals surface area contributed by atoms with Crippen LogP contribution in [-0.2, 0) is 14.6 Å². The summed E-state index contributed by atoms with van der Waals surface area (Å²) < 4.78 is 80.7. The maximum absolute atomic E-state index is 13.5. The Morgan fingerprint density at radius 1 is 1.06 bits per heavy atom. The largest absolute Gasteiger partial charge is 0.501 e. The summed E-state index contributed by atoms with van der Waals surface area (Å²) in [4.78, 5) is 25.0. The minimum absolute atomic E-state index is 0.0184. The molecule has 1 saturated carbocycles. The molecule has 2 N–H and O–H groups in total. The molecular formula is C23H20F4N2O5S. The first kappa shape index (κ1) is 24.7. The fraction of sp³-hybridized carbons (Fsp3) is 0.304. The van der Waals surface area contributed by atoms with Crippen LogP contribution >= 0.6 is 0 Å². The van der Waals surface area contributed by atoms with Crippen LogP contribution in [0.4, 0.5) is 23.2 Å². The van der Waals surface area contributed by atoms with Gasteiger partial charge in [-0.1, -0.05) is 18.2 Å². The van der Waals surface area contributed by atoms with E-state index >= 15 is 0 Å². The van der Waals surface area contributed by atoms with Gasteiger partial charge in [0.2, 0.25) is 5.91 Å². The van der Waals surface area contributed by atoms with Crippen LogP contribution in [0, 0.1) is 23.6 Å². The Labute approximate surface area is 198 Å². The maximum atomic E-state index is 13.5. The lowest BCUT2D eigenvalue weighted by Crippen LogP contribution is -2.47. The van der Waals surface area contributed by atoms with E-state index in [1.807, 2.05) is 12.2 Å². The molecule has 2 aliphatic rings. The van der Waals surface area contributed by atoms with Gasteiger partial charge in [-0.05, 0) is 48.6 Å². The minimum atomic E-state index is -5.59. The highest BCUT2D eigenvalue weighted by molar-refractivity contribution is 7.92. The van der Waals surface area contributed by atoms with Gasteiger partial charge in [-0.2, -0.15) is 13.2 Å². The first-order chi connectivity index (χ1) is 16.4. The van der Waals surface area contributed by atoms with E-state index in [4.69, 9.17) is 4.74 Å². The van der Waals surface area contributed by atoms with E-state index < -0.39 is 49.8 Å². The second kappa shape index (κ2) is 8.99. The molecule has 4 rings (SSSR count). The second-order valence-electron chi connectivity index (χ2n) is 8.28. The van der Waals surface area contributed by atoms with Crippen LogP contribution in [0.15, 0.2) is 59.5 Å². The summed E-state index contributed by atoms with van der Waals surface area (Å²) in [5.74, 6) is -2.89. The van der Waals surface area contributed by atoms with E-state index in [9.17, 15) is 35.6 Å². The number of alkyl halides is 3. The predicted octanol–water partition coefficient (Wildman–Crippen LogP) is 3.69. The van der Waals surface area contributed by atoms with Crippen molar-refractivity contribution in [3.05, 3.63) is 66.0 Å². The molecular weight excluding hydrogens is 492 g/mol. The Bertz CT molecular complexity index is 1310. The Morgan fingerprint density at radius 3 is 2.46 bits per heavy atom. The fourth-order valence-electron chi connectivity index (χ4n) is 4.56. The number of hydrogen-bond acceptors (Lipinski definition) is 5. The number of allylic oxidation sites excluding steroid dienone is 1. The van der Waals surface area contributed by atoms with Crippen molar-refractivity contribution in [2.24, 2.45) is 17.8 Å². The molecule has 7 nitrogen and oxygen atoms in total. The Morgan fingerprint density at radius 2 is 1.77 bits per heavy atom. The molecule has 0 aromatic heterocycles. The Kier molecular flexibility index (Phi) is 6.34. The molecule has 186 valence electrons. The van der Waals surface area contributed by atoms with Gasteiger partial charge >= 0.3 is 5.51 Å². The molecule has 4 atom stereocenters. The summed E-state index contributed by atoms with van der Waals surface area (Å²) in [7, 11) is -4.30. The highest BCUT2D eigenvalue weighted by Gasteiger charge is 2.49. The minimum Gasteiger partial charge on any atom is -0.496 e. The third kappa shape index (κ3) is 4.62. The molecule has 0 aliphatic heterocycles. The van der Waals surface area contributed by atoms with Crippen molar-refractivity contribution in [3.8, 4) is 5.75 Å². The summed E-state index contributed by atoms with van der Waals surface area (Å²) >= 11 is 0. The molecule has 2 amide bonds. The maximum Gasteiger partial charge on any atom is 0.501 e. The lowest BCUT2D eigenvalue weighted by atomic mass is 9.87. The monoisotopic (exact) mass is 512 g/mol. The quantitative estimate of drug-likeness (QED) is 0.454. The van der Waals surface area contributed by atoms with Crippen molar-refractivity contribution in [3.63, 3.8) is 0 Å². The second-order valence-corrected chi connectivity index (χ2v) is 10.2. The van der Waals surface area contributed by atoms with Crippen LogP contribution < -0.4 is 15.4 Å². The van der Waals surface area contributed by atoms with Crippen molar-refractivity contribution in [1.29, 1.82) is 0 Å². The molecule has 0 heterocycles. The molecule has 12 heteroatoms. The number of methoxy groups -OCH3 is 1. The number of hydrogen-bond donors (Lipinski definition) is 2. The molecule has 0 spiro atoms. The third-order valence-electron chi connectivity index (χ3n) is 6.18. The van der Waals surface area contributed by atoms with Crippen molar-refractivity contribution in [1.82, 2.24) is 5.32 Å². The Balaban J connectivity index is 1.55. The van der Waals surface area contributed by atoms with Gasteiger partial charge in [0.15, 0.2) is 0 Å². The number of sulfone groups is 1. The van der Waals surface area contributed by atoms with Crippen LogP contribution in [0.1, 0.15) is 16.8 Å². The number of fused-ring (bicyclic) bond motifs is 2. The zero-order valence-corrected chi connectivity index (χ0v) is 19.0. The standard InChI is InChI=1S/C23H20F4N2O5S/c1-34-18-10-14(24)7-8-17(18)21(30)29-20-13-6-5-12(9-13)19(20)22(31)28-15-3-2-4-16(11-15)35(32,33)23(25,26)27/h2-8,10-13,19-20H,9H2,1H3,(H,28,31)(H,29,30)/t12-,13+,19+,20-/m0/s1. The number of benzene rings is 2. The number of anilines is 1. The number of halogens is 4. The van der Waals surface area contributed by atoms with E-state index in [2.05, 4.69) is 10.6 Å². The van der Waals surface area contributed by atoms with Gasteiger partial charge in [-0.15, -0.1) is 0 Å². The van der Waals surface area contributed by atoms with Gasteiger partial charge in [-0.3, -0.25) is 9.59 Å². The number of carbonyl (C=O) groups excluding carboxylic acids is 2. The van der Waals surface area contributed by atoms with E-state index in [1.165, 1.54) is 19.2 Å². The first-order valence-electron chi connectivity index (χ1n) is 10.5. The van der Waals surface area contributed by atoms with Gasteiger partial charge in [-0.25, -0.2) is 12.8 Å². The van der Waals surface area contributed by atoms with Crippen molar-refractivity contribution in [2.75, 3.05) is 12.4 Å².